The maximum absolute atomic E-state index is 12.8. The smallest absolute Gasteiger partial charge is 0.326 e. The van der Waals surface area contributed by atoms with Crippen LogP contribution in [0.3, 0.4) is 0 Å². The minimum atomic E-state index is -0.444. The van der Waals surface area contributed by atoms with Crippen LogP contribution in [0.15, 0.2) is 40.8 Å². The molecule has 130 valence electrons. The number of aromatic nitrogens is 2. The van der Waals surface area contributed by atoms with Crippen LogP contribution in [0.2, 0.25) is 5.02 Å². The third kappa shape index (κ3) is 3.91. The van der Waals surface area contributed by atoms with E-state index < -0.39 is 5.97 Å². The summed E-state index contributed by atoms with van der Waals surface area (Å²) in [7, 11) is 0. The van der Waals surface area contributed by atoms with Crippen molar-refractivity contribution in [3.05, 3.63) is 51.3 Å². The normalized spacial score (nSPS) is 11.2. The lowest BCUT2D eigenvalue weighted by Crippen LogP contribution is -2.26. The third-order valence-corrected chi connectivity index (χ3v) is 4.73. The van der Waals surface area contributed by atoms with E-state index in [0.29, 0.717) is 21.8 Å². The van der Waals surface area contributed by atoms with E-state index in [1.54, 1.807) is 12.1 Å². The van der Waals surface area contributed by atoms with Gasteiger partial charge in [0.25, 0.3) is 5.56 Å². The second-order valence-electron chi connectivity index (χ2n) is 6.09. The summed E-state index contributed by atoms with van der Waals surface area (Å²) in [6.45, 7) is 4.09. The monoisotopic (exact) mass is 376 g/mol. The first kappa shape index (κ1) is 17.6. The summed E-state index contributed by atoms with van der Waals surface area (Å²) in [4.78, 5) is 29.7. The number of benzene rings is 1. The average molecular weight is 377 g/mol. The van der Waals surface area contributed by atoms with Crippen molar-refractivity contribution in [3.8, 4) is 11.1 Å². The molecule has 0 bridgehead atoms. The molecule has 0 fully saturated rings. The zero-order valence-corrected chi connectivity index (χ0v) is 15.4. The number of halogens is 1. The lowest BCUT2D eigenvalue weighted by Gasteiger charge is -2.08. The molecule has 0 amide bonds. The molecule has 3 rings (SSSR count). The number of ether oxygens (including phenoxy) is 1. The zero-order chi connectivity index (χ0) is 18.0. The molecule has 0 saturated carbocycles. The second-order valence-corrected chi connectivity index (χ2v) is 7.39. The van der Waals surface area contributed by atoms with Gasteiger partial charge in [0, 0.05) is 16.0 Å². The van der Waals surface area contributed by atoms with Crippen LogP contribution in [0.25, 0.3) is 21.3 Å². The highest BCUT2D eigenvalue weighted by Gasteiger charge is 2.15. The number of esters is 1. The van der Waals surface area contributed by atoms with Crippen molar-refractivity contribution in [3.63, 3.8) is 0 Å². The predicted octanol–water partition coefficient (Wildman–Crippen LogP) is 3.98. The van der Waals surface area contributed by atoms with Crippen molar-refractivity contribution in [1.82, 2.24) is 9.55 Å². The molecular formula is C18H17ClN2O3S. The van der Waals surface area contributed by atoms with Gasteiger partial charge in [-0.05, 0) is 23.6 Å². The standard InChI is InChI=1S/C18H17ClN2O3S/c1-11(2)8-24-15(22)7-21-10-20-17-16(18(21)23)14(9-25-17)12-3-5-13(19)6-4-12/h3-6,9-11H,7-8H2,1-2H3. The molecule has 0 aliphatic heterocycles. The molecule has 0 atom stereocenters. The highest BCUT2D eigenvalue weighted by Crippen LogP contribution is 2.31. The van der Waals surface area contributed by atoms with Crippen molar-refractivity contribution >= 4 is 39.1 Å². The fourth-order valence-electron chi connectivity index (χ4n) is 2.37. The van der Waals surface area contributed by atoms with E-state index in [0.717, 1.165) is 11.1 Å². The van der Waals surface area contributed by atoms with E-state index in [1.807, 2.05) is 31.4 Å². The summed E-state index contributed by atoms with van der Waals surface area (Å²) in [6, 6.07) is 7.27. The summed E-state index contributed by atoms with van der Waals surface area (Å²) in [5, 5.41) is 3.03. The lowest BCUT2D eigenvalue weighted by atomic mass is 10.1. The predicted molar refractivity (Wildman–Crippen MR) is 100 cm³/mol. The first-order chi connectivity index (χ1) is 12.0. The van der Waals surface area contributed by atoms with Crippen LogP contribution in [0.4, 0.5) is 0 Å². The molecule has 2 heterocycles. The highest BCUT2D eigenvalue weighted by molar-refractivity contribution is 7.17. The lowest BCUT2D eigenvalue weighted by molar-refractivity contribution is -0.145. The molecule has 7 heteroatoms. The van der Waals surface area contributed by atoms with E-state index in [4.69, 9.17) is 16.3 Å². The van der Waals surface area contributed by atoms with Gasteiger partial charge in [0.2, 0.25) is 0 Å². The molecule has 0 aliphatic rings. The van der Waals surface area contributed by atoms with E-state index in [2.05, 4.69) is 4.98 Å². The number of rotatable bonds is 5. The first-order valence-electron chi connectivity index (χ1n) is 7.84. The molecule has 3 aromatic rings. The molecule has 25 heavy (non-hydrogen) atoms. The van der Waals surface area contributed by atoms with Gasteiger partial charge in [-0.25, -0.2) is 4.98 Å². The Morgan fingerprint density at radius 3 is 2.72 bits per heavy atom. The third-order valence-electron chi connectivity index (χ3n) is 3.59. The molecular weight excluding hydrogens is 360 g/mol. The van der Waals surface area contributed by atoms with Crippen LogP contribution in [0.1, 0.15) is 13.8 Å². The Labute approximate surface area is 153 Å². The number of carbonyl (C=O) groups excluding carboxylic acids is 1. The zero-order valence-electron chi connectivity index (χ0n) is 13.9. The largest absolute Gasteiger partial charge is 0.464 e. The molecule has 0 radical (unpaired) electrons. The summed E-state index contributed by atoms with van der Waals surface area (Å²) < 4.78 is 6.43. The maximum Gasteiger partial charge on any atom is 0.326 e. The van der Waals surface area contributed by atoms with Gasteiger partial charge in [0.05, 0.1) is 18.3 Å². The van der Waals surface area contributed by atoms with Crippen molar-refractivity contribution in [2.45, 2.75) is 20.4 Å². The summed E-state index contributed by atoms with van der Waals surface area (Å²) in [5.41, 5.74) is 1.42. The van der Waals surface area contributed by atoms with Crippen LogP contribution in [-0.4, -0.2) is 22.1 Å². The summed E-state index contributed by atoms with van der Waals surface area (Å²) in [6.07, 6.45) is 1.39. The maximum atomic E-state index is 12.8. The van der Waals surface area contributed by atoms with E-state index in [1.165, 1.54) is 22.2 Å². The minimum absolute atomic E-state index is 0.148. The SMILES string of the molecule is CC(C)COC(=O)Cn1cnc2scc(-c3ccc(Cl)cc3)c2c1=O. The van der Waals surface area contributed by atoms with Crippen molar-refractivity contribution in [1.29, 1.82) is 0 Å². The van der Waals surface area contributed by atoms with E-state index in [9.17, 15) is 9.59 Å². The van der Waals surface area contributed by atoms with Crippen LogP contribution in [-0.2, 0) is 16.1 Å². The van der Waals surface area contributed by atoms with Gasteiger partial charge < -0.3 is 4.74 Å². The van der Waals surface area contributed by atoms with Crippen molar-refractivity contribution in [2.24, 2.45) is 5.92 Å². The molecule has 0 saturated heterocycles. The molecule has 1 aromatic carbocycles. The van der Waals surface area contributed by atoms with Crippen LogP contribution in [0, 0.1) is 5.92 Å². The number of nitrogens with zero attached hydrogens (tertiary/aromatic N) is 2. The van der Waals surface area contributed by atoms with Crippen LogP contribution in [0.5, 0.6) is 0 Å². The van der Waals surface area contributed by atoms with Crippen molar-refractivity contribution < 1.29 is 9.53 Å². The number of carbonyl (C=O) groups is 1. The number of fused-ring (bicyclic) bond motifs is 1. The van der Waals surface area contributed by atoms with Crippen LogP contribution < -0.4 is 5.56 Å². The van der Waals surface area contributed by atoms with Gasteiger partial charge in [-0.15, -0.1) is 11.3 Å². The molecule has 0 aliphatic carbocycles. The Kier molecular flexibility index (Phi) is 5.20. The molecule has 0 N–H and O–H groups in total. The number of thiophene rings is 1. The molecule has 0 spiro atoms. The topological polar surface area (TPSA) is 61.2 Å². The second kappa shape index (κ2) is 7.37. The Hall–Kier alpha value is -2.18. The van der Waals surface area contributed by atoms with Crippen molar-refractivity contribution in [2.75, 3.05) is 6.61 Å². The Bertz CT molecular complexity index is 961. The van der Waals surface area contributed by atoms with Gasteiger partial charge in [0.1, 0.15) is 11.4 Å². The highest BCUT2D eigenvalue weighted by atomic mass is 35.5. The molecule has 5 nitrogen and oxygen atoms in total. The minimum Gasteiger partial charge on any atom is -0.464 e. The number of hydrogen-bond donors (Lipinski definition) is 0. The Morgan fingerprint density at radius 2 is 2.04 bits per heavy atom. The average Bonchev–Trinajstić information content (AvgIpc) is 3.01. The summed E-state index contributed by atoms with van der Waals surface area (Å²) in [5.74, 6) is -0.199. The van der Waals surface area contributed by atoms with Crippen LogP contribution >= 0.6 is 22.9 Å². The number of hydrogen-bond acceptors (Lipinski definition) is 5. The Morgan fingerprint density at radius 1 is 1.32 bits per heavy atom. The van der Waals surface area contributed by atoms with E-state index in [-0.39, 0.29) is 18.0 Å². The fourth-order valence-corrected chi connectivity index (χ4v) is 3.40. The molecule has 0 unspecified atom stereocenters. The Balaban J connectivity index is 1.96. The van der Waals surface area contributed by atoms with Gasteiger partial charge in [-0.1, -0.05) is 37.6 Å². The van der Waals surface area contributed by atoms with Gasteiger partial charge in [-0.2, -0.15) is 0 Å². The van der Waals surface area contributed by atoms with Gasteiger partial charge in [-0.3, -0.25) is 14.2 Å². The molecule has 2 aromatic heterocycles. The summed E-state index contributed by atoms with van der Waals surface area (Å²) >= 11 is 7.33. The van der Waals surface area contributed by atoms with E-state index >= 15 is 0 Å². The van der Waals surface area contributed by atoms with Gasteiger partial charge in [0.15, 0.2) is 0 Å². The quantitative estimate of drug-likeness (QED) is 0.632. The fraction of sp³-hybridized carbons (Fsp3) is 0.278. The van der Waals surface area contributed by atoms with Gasteiger partial charge >= 0.3 is 5.97 Å². The first-order valence-corrected chi connectivity index (χ1v) is 9.09.